The van der Waals surface area contributed by atoms with Crippen molar-refractivity contribution in [2.24, 2.45) is 7.05 Å². The van der Waals surface area contributed by atoms with Crippen molar-refractivity contribution in [3.05, 3.63) is 77.2 Å². The van der Waals surface area contributed by atoms with E-state index < -0.39 is 0 Å². The van der Waals surface area contributed by atoms with E-state index in [0.717, 1.165) is 5.56 Å². The number of nitrogens with one attached hydrogen (secondary N) is 1. The molecule has 10 nitrogen and oxygen atoms in total. The predicted molar refractivity (Wildman–Crippen MR) is 144 cm³/mol. The number of para-hydroxylation sites is 1. The van der Waals surface area contributed by atoms with E-state index in [1.54, 1.807) is 45.0 Å². The molecule has 1 amide bonds. The maximum absolute atomic E-state index is 13.1. The van der Waals surface area contributed by atoms with Gasteiger partial charge in [-0.05, 0) is 37.3 Å². The maximum atomic E-state index is 13.1. The number of amides is 1. The highest BCUT2D eigenvalue weighted by molar-refractivity contribution is 7.99. The second-order valence-electron chi connectivity index (χ2n) is 8.05. The van der Waals surface area contributed by atoms with Crippen LogP contribution in [0, 0.1) is 6.92 Å². The molecular formula is C26H28N6O4S. The Labute approximate surface area is 218 Å². The molecule has 11 heteroatoms. The van der Waals surface area contributed by atoms with Crippen LogP contribution in [-0.2, 0) is 18.4 Å². The van der Waals surface area contributed by atoms with Gasteiger partial charge in [0.15, 0.2) is 22.5 Å². The number of thioether (sulfide) groups is 1. The highest BCUT2D eigenvalue weighted by Crippen LogP contribution is 2.33. The molecule has 1 N–H and O–H groups in total. The van der Waals surface area contributed by atoms with Crippen molar-refractivity contribution in [2.45, 2.75) is 18.6 Å². The molecule has 4 rings (SSSR count). The van der Waals surface area contributed by atoms with Gasteiger partial charge >= 0.3 is 0 Å². The monoisotopic (exact) mass is 520 g/mol. The molecule has 0 saturated carbocycles. The first-order chi connectivity index (χ1) is 17.9. The van der Waals surface area contributed by atoms with Crippen LogP contribution < -0.4 is 20.3 Å². The van der Waals surface area contributed by atoms with E-state index in [1.165, 1.54) is 16.4 Å². The Bertz CT molecular complexity index is 1490. The van der Waals surface area contributed by atoms with Crippen molar-refractivity contribution >= 4 is 23.4 Å². The Morgan fingerprint density at radius 1 is 1.11 bits per heavy atom. The summed E-state index contributed by atoms with van der Waals surface area (Å²) in [5.41, 5.74) is 2.10. The summed E-state index contributed by atoms with van der Waals surface area (Å²) in [4.78, 5) is 25.9. The number of carbonyl (C=O) groups excluding carboxylic acids is 1. The lowest BCUT2D eigenvalue weighted by Crippen LogP contribution is -2.23. The van der Waals surface area contributed by atoms with Gasteiger partial charge in [0, 0.05) is 19.2 Å². The summed E-state index contributed by atoms with van der Waals surface area (Å²) in [7, 11) is 4.92. The molecule has 0 fully saturated rings. The van der Waals surface area contributed by atoms with Crippen molar-refractivity contribution in [1.29, 1.82) is 0 Å². The average Bonchev–Trinajstić information content (AvgIpc) is 3.41. The van der Waals surface area contributed by atoms with Crippen molar-refractivity contribution < 1.29 is 14.3 Å². The van der Waals surface area contributed by atoms with Gasteiger partial charge in [0.1, 0.15) is 5.69 Å². The number of hydrogen-bond acceptors (Lipinski definition) is 7. The summed E-state index contributed by atoms with van der Waals surface area (Å²) in [5.74, 6) is 1.50. The zero-order valence-corrected chi connectivity index (χ0v) is 21.9. The third-order valence-corrected chi connectivity index (χ3v) is 6.79. The number of allylic oxidation sites excluding steroid dienone is 1. The number of carbonyl (C=O) groups is 1. The van der Waals surface area contributed by atoms with Crippen LogP contribution in [0.5, 0.6) is 11.5 Å². The number of anilines is 1. The van der Waals surface area contributed by atoms with Gasteiger partial charge in [-0.25, -0.2) is 4.68 Å². The Morgan fingerprint density at radius 3 is 2.51 bits per heavy atom. The zero-order valence-electron chi connectivity index (χ0n) is 21.1. The molecular weight excluding hydrogens is 492 g/mol. The molecule has 4 aromatic rings. The summed E-state index contributed by atoms with van der Waals surface area (Å²) < 4.78 is 15.8. The number of ether oxygens (including phenoxy) is 2. The third kappa shape index (κ3) is 5.17. The largest absolute Gasteiger partial charge is 0.493 e. The highest BCUT2D eigenvalue weighted by Gasteiger charge is 2.20. The van der Waals surface area contributed by atoms with Gasteiger partial charge in [0.05, 0.1) is 31.4 Å². The Morgan fingerprint density at radius 2 is 1.84 bits per heavy atom. The number of methoxy groups -OCH3 is 2. The fourth-order valence-electron chi connectivity index (χ4n) is 3.90. The van der Waals surface area contributed by atoms with Crippen LogP contribution in [0.2, 0.25) is 0 Å². The van der Waals surface area contributed by atoms with Gasteiger partial charge in [-0.1, -0.05) is 36.0 Å². The zero-order chi connectivity index (χ0) is 26.5. The molecule has 37 heavy (non-hydrogen) atoms. The normalized spacial score (nSPS) is 10.8. The van der Waals surface area contributed by atoms with Gasteiger partial charge in [0.2, 0.25) is 5.91 Å². The van der Waals surface area contributed by atoms with Crippen LogP contribution in [-0.4, -0.2) is 50.0 Å². The fourth-order valence-corrected chi connectivity index (χ4v) is 4.64. The Hall–Kier alpha value is -4.25. The number of aromatic nitrogens is 5. The lowest BCUT2D eigenvalue weighted by atomic mass is 10.2. The summed E-state index contributed by atoms with van der Waals surface area (Å²) in [6, 6.07) is 14.7. The second-order valence-corrected chi connectivity index (χ2v) is 8.99. The minimum Gasteiger partial charge on any atom is -0.493 e. The van der Waals surface area contributed by atoms with E-state index in [4.69, 9.17) is 9.47 Å². The quantitative estimate of drug-likeness (QED) is 0.251. The van der Waals surface area contributed by atoms with Crippen LogP contribution >= 0.6 is 11.8 Å². The van der Waals surface area contributed by atoms with Gasteiger partial charge < -0.3 is 14.8 Å². The minimum atomic E-state index is -0.322. The summed E-state index contributed by atoms with van der Waals surface area (Å²) in [5, 5.41) is 11.9. The summed E-state index contributed by atoms with van der Waals surface area (Å²) in [6.45, 7) is 6.07. The van der Waals surface area contributed by atoms with Crippen molar-refractivity contribution in [1.82, 2.24) is 24.1 Å². The topological polar surface area (TPSA) is 105 Å². The van der Waals surface area contributed by atoms with E-state index >= 15 is 0 Å². The molecule has 0 spiro atoms. The standard InChI is InChI=1S/C26H28N6O4S/c1-6-14-31-24(18-12-13-20(35-4)21(15-18)36-5)28-29-26(31)37-16-22(33)27-23-17(2)30(3)32(25(23)34)19-10-8-7-9-11-19/h6-13,15H,1,14,16H2,2-5H3,(H,27,33). The molecule has 192 valence electrons. The number of nitrogens with zero attached hydrogens (tertiary/aromatic N) is 5. The molecule has 0 radical (unpaired) electrons. The molecule has 0 bridgehead atoms. The van der Waals surface area contributed by atoms with E-state index in [1.807, 2.05) is 47.0 Å². The smallest absolute Gasteiger partial charge is 0.295 e. The molecule has 0 aliphatic heterocycles. The molecule has 2 aromatic carbocycles. The predicted octanol–water partition coefficient (Wildman–Crippen LogP) is 3.68. The van der Waals surface area contributed by atoms with Crippen LogP contribution in [0.15, 0.2) is 71.1 Å². The molecule has 2 aromatic heterocycles. The number of benzene rings is 2. The van der Waals surface area contributed by atoms with Crippen LogP contribution in [0.1, 0.15) is 5.69 Å². The summed E-state index contributed by atoms with van der Waals surface area (Å²) >= 11 is 1.22. The van der Waals surface area contributed by atoms with Crippen molar-refractivity contribution in [3.63, 3.8) is 0 Å². The van der Waals surface area contributed by atoms with Gasteiger partial charge in [0.25, 0.3) is 5.56 Å². The Kier molecular flexibility index (Phi) is 7.83. The molecule has 0 aliphatic rings. The fraction of sp³-hybridized carbons (Fsp3) is 0.231. The first kappa shape index (κ1) is 25.8. The van der Waals surface area contributed by atoms with E-state index in [-0.39, 0.29) is 22.9 Å². The number of hydrogen-bond donors (Lipinski definition) is 1. The first-order valence-corrected chi connectivity index (χ1v) is 12.4. The molecule has 2 heterocycles. The summed E-state index contributed by atoms with van der Waals surface area (Å²) in [6.07, 6.45) is 1.73. The average molecular weight is 521 g/mol. The molecule has 0 saturated heterocycles. The third-order valence-electron chi connectivity index (χ3n) is 5.82. The molecule has 0 unspecified atom stereocenters. The lowest BCUT2D eigenvalue weighted by Gasteiger charge is -2.11. The van der Waals surface area contributed by atoms with Gasteiger partial charge in [-0.3, -0.25) is 18.8 Å². The van der Waals surface area contributed by atoms with Crippen molar-refractivity contribution in [3.8, 4) is 28.6 Å². The van der Waals surface area contributed by atoms with E-state index in [9.17, 15) is 9.59 Å². The van der Waals surface area contributed by atoms with Gasteiger partial charge in [-0.15, -0.1) is 16.8 Å². The minimum absolute atomic E-state index is 0.0420. The lowest BCUT2D eigenvalue weighted by molar-refractivity contribution is -0.113. The van der Waals surface area contributed by atoms with Crippen molar-refractivity contribution in [2.75, 3.05) is 25.3 Å². The second kappa shape index (κ2) is 11.2. The molecule has 0 atom stereocenters. The highest BCUT2D eigenvalue weighted by atomic mass is 32.2. The van der Waals surface area contributed by atoms with Crippen LogP contribution in [0.3, 0.4) is 0 Å². The van der Waals surface area contributed by atoms with E-state index in [0.29, 0.717) is 40.4 Å². The maximum Gasteiger partial charge on any atom is 0.295 e. The first-order valence-electron chi connectivity index (χ1n) is 11.4. The Balaban J connectivity index is 1.53. The van der Waals surface area contributed by atoms with Crippen LogP contribution in [0.25, 0.3) is 17.1 Å². The van der Waals surface area contributed by atoms with Gasteiger partial charge in [-0.2, -0.15) is 0 Å². The SMILES string of the molecule is C=CCn1c(SCC(=O)Nc2c(C)n(C)n(-c3ccccc3)c2=O)nnc1-c1ccc(OC)c(OC)c1. The number of rotatable bonds is 10. The van der Waals surface area contributed by atoms with E-state index in [2.05, 4.69) is 22.1 Å². The van der Waals surface area contributed by atoms with Crippen LogP contribution in [0.4, 0.5) is 5.69 Å². The molecule has 0 aliphatic carbocycles.